The fraction of sp³-hybridized carbons (Fsp3) is 0.367. The Bertz CT molecular complexity index is 1190. The van der Waals surface area contributed by atoms with Crippen LogP contribution in [0.5, 0.6) is 5.75 Å². The zero-order chi connectivity index (χ0) is 25.7. The molecule has 0 spiro atoms. The number of pyridine rings is 1. The van der Waals surface area contributed by atoms with Gasteiger partial charge in [-0.1, -0.05) is 63.2 Å². The zero-order valence-corrected chi connectivity index (χ0v) is 21.5. The summed E-state index contributed by atoms with van der Waals surface area (Å²) in [6, 6.07) is 21.6. The number of hydrogen-bond acceptors (Lipinski definition) is 4. The van der Waals surface area contributed by atoms with Crippen LogP contribution in [-0.2, 0) is 22.4 Å². The van der Waals surface area contributed by atoms with Crippen molar-refractivity contribution in [3.8, 4) is 5.75 Å². The smallest absolute Gasteiger partial charge is 0.260 e. The minimum atomic E-state index is -0.655. The van der Waals surface area contributed by atoms with Gasteiger partial charge < -0.3 is 15.0 Å². The Morgan fingerprint density at radius 1 is 1.08 bits per heavy atom. The monoisotopic (exact) mass is 485 g/mol. The molecule has 0 bridgehead atoms. The second kappa shape index (κ2) is 10.9. The van der Waals surface area contributed by atoms with E-state index in [1.807, 2.05) is 74.2 Å². The normalized spacial score (nSPS) is 16.1. The van der Waals surface area contributed by atoms with Crippen molar-refractivity contribution in [2.75, 3.05) is 13.1 Å². The number of ether oxygens (including phenoxy) is 1. The Labute approximate surface area is 213 Å². The van der Waals surface area contributed by atoms with Crippen LogP contribution in [0.15, 0.2) is 72.9 Å². The van der Waals surface area contributed by atoms with E-state index in [0.717, 1.165) is 23.2 Å². The molecule has 0 aliphatic carbocycles. The number of amides is 2. The summed E-state index contributed by atoms with van der Waals surface area (Å²) < 4.78 is 6.06. The molecule has 0 saturated carbocycles. The summed E-state index contributed by atoms with van der Waals surface area (Å²) in [5.74, 6) is 0.564. The lowest BCUT2D eigenvalue weighted by atomic mass is 9.85. The Hall–Kier alpha value is -3.67. The number of carbonyl (C=O) groups excluding carboxylic acids is 2. The van der Waals surface area contributed by atoms with E-state index in [1.54, 1.807) is 13.1 Å². The molecular formula is C30H35N3O3. The quantitative estimate of drug-likeness (QED) is 0.525. The molecule has 1 aliphatic rings. The molecule has 36 heavy (non-hydrogen) atoms. The van der Waals surface area contributed by atoms with Crippen molar-refractivity contribution in [1.29, 1.82) is 0 Å². The first-order valence-corrected chi connectivity index (χ1v) is 12.6. The van der Waals surface area contributed by atoms with E-state index in [1.165, 1.54) is 5.56 Å². The first-order valence-electron chi connectivity index (χ1n) is 12.6. The van der Waals surface area contributed by atoms with Gasteiger partial charge in [-0.25, -0.2) is 0 Å². The highest BCUT2D eigenvalue weighted by atomic mass is 16.5. The maximum absolute atomic E-state index is 13.4. The second-order valence-corrected chi connectivity index (χ2v) is 10.3. The molecule has 6 heteroatoms. The maximum Gasteiger partial charge on any atom is 0.260 e. The van der Waals surface area contributed by atoms with Gasteiger partial charge in [0, 0.05) is 36.8 Å². The van der Waals surface area contributed by atoms with Gasteiger partial charge in [-0.05, 0) is 54.3 Å². The molecule has 188 valence electrons. The first-order chi connectivity index (χ1) is 17.2. The zero-order valence-electron chi connectivity index (χ0n) is 21.5. The van der Waals surface area contributed by atoms with Gasteiger partial charge in [-0.3, -0.25) is 14.6 Å². The van der Waals surface area contributed by atoms with Crippen LogP contribution < -0.4 is 10.1 Å². The molecule has 1 aliphatic heterocycles. The predicted octanol–water partition coefficient (Wildman–Crippen LogP) is 4.73. The molecule has 1 N–H and O–H groups in total. The summed E-state index contributed by atoms with van der Waals surface area (Å²) in [6.07, 6.45) is 2.54. The summed E-state index contributed by atoms with van der Waals surface area (Å²) in [6.45, 7) is 8.78. The highest BCUT2D eigenvalue weighted by Crippen LogP contribution is 2.39. The number of carbonyl (C=O) groups is 2. The van der Waals surface area contributed by atoms with Crippen molar-refractivity contribution in [3.63, 3.8) is 0 Å². The van der Waals surface area contributed by atoms with Crippen molar-refractivity contribution in [2.24, 2.45) is 5.41 Å². The molecule has 2 amide bonds. The minimum absolute atomic E-state index is 0.119. The SMILES string of the molecule is CC(Oc1ccc2c(c1)C(c1ccccc1)N(C(=O)C(C)(C)C)CC2)C(=O)NCCc1ccccn1. The van der Waals surface area contributed by atoms with E-state index < -0.39 is 11.5 Å². The lowest BCUT2D eigenvalue weighted by molar-refractivity contribution is -0.141. The summed E-state index contributed by atoms with van der Waals surface area (Å²) in [5.41, 5.74) is 3.75. The van der Waals surface area contributed by atoms with Crippen LogP contribution in [0, 0.1) is 5.41 Å². The average molecular weight is 486 g/mol. The third-order valence-corrected chi connectivity index (χ3v) is 6.45. The van der Waals surface area contributed by atoms with Crippen molar-refractivity contribution >= 4 is 11.8 Å². The molecule has 2 aromatic carbocycles. The molecule has 2 atom stereocenters. The van der Waals surface area contributed by atoms with Gasteiger partial charge in [-0.2, -0.15) is 0 Å². The topological polar surface area (TPSA) is 71.5 Å². The molecule has 1 aromatic heterocycles. The van der Waals surface area contributed by atoms with E-state index in [-0.39, 0.29) is 17.9 Å². The maximum atomic E-state index is 13.4. The Kier molecular flexibility index (Phi) is 7.73. The van der Waals surface area contributed by atoms with Crippen molar-refractivity contribution in [2.45, 2.75) is 52.7 Å². The summed E-state index contributed by atoms with van der Waals surface area (Å²) in [4.78, 5) is 32.3. The molecule has 0 fully saturated rings. The number of nitrogens with one attached hydrogen (secondary N) is 1. The number of rotatable bonds is 7. The third kappa shape index (κ3) is 5.93. The van der Waals surface area contributed by atoms with E-state index >= 15 is 0 Å². The molecule has 3 aromatic rings. The Morgan fingerprint density at radius 3 is 2.53 bits per heavy atom. The van der Waals surface area contributed by atoms with Gasteiger partial charge >= 0.3 is 0 Å². The molecule has 2 heterocycles. The largest absolute Gasteiger partial charge is 0.481 e. The summed E-state index contributed by atoms with van der Waals surface area (Å²) >= 11 is 0. The molecular weight excluding hydrogens is 450 g/mol. The van der Waals surface area contributed by atoms with Gasteiger partial charge in [0.05, 0.1) is 6.04 Å². The van der Waals surface area contributed by atoms with E-state index in [0.29, 0.717) is 25.3 Å². The highest BCUT2D eigenvalue weighted by Gasteiger charge is 2.37. The Balaban J connectivity index is 1.51. The van der Waals surface area contributed by atoms with Crippen molar-refractivity contribution in [3.05, 3.63) is 95.3 Å². The van der Waals surface area contributed by atoms with Gasteiger partial charge in [-0.15, -0.1) is 0 Å². The van der Waals surface area contributed by atoms with Crippen molar-refractivity contribution < 1.29 is 14.3 Å². The van der Waals surface area contributed by atoms with Crippen LogP contribution in [0.4, 0.5) is 0 Å². The fourth-order valence-electron chi connectivity index (χ4n) is 4.57. The van der Waals surface area contributed by atoms with Gasteiger partial charge in [0.15, 0.2) is 6.10 Å². The third-order valence-electron chi connectivity index (χ3n) is 6.45. The molecule has 6 nitrogen and oxygen atoms in total. The van der Waals surface area contributed by atoms with E-state index in [4.69, 9.17) is 4.74 Å². The van der Waals surface area contributed by atoms with Crippen molar-refractivity contribution in [1.82, 2.24) is 15.2 Å². The van der Waals surface area contributed by atoms with Gasteiger partial charge in [0.25, 0.3) is 5.91 Å². The van der Waals surface area contributed by atoms with Crippen LogP contribution >= 0.6 is 0 Å². The number of benzene rings is 2. The standard InChI is InChI=1S/C30H35N3O3/c1-21(28(34)32-18-15-24-12-8-9-17-31-24)36-25-14-13-22-16-19-33(29(35)30(2,3)4)27(26(22)20-25)23-10-6-5-7-11-23/h5-14,17,20-21,27H,15-16,18-19H2,1-4H3,(H,32,34). The number of hydrogen-bond donors (Lipinski definition) is 1. The van der Waals surface area contributed by atoms with Gasteiger partial charge in [0.2, 0.25) is 5.91 Å². The molecule has 0 radical (unpaired) electrons. The van der Waals surface area contributed by atoms with Crippen LogP contribution in [0.25, 0.3) is 0 Å². The molecule has 0 saturated heterocycles. The first kappa shape index (κ1) is 25.4. The van der Waals surface area contributed by atoms with Crippen LogP contribution in [0.1, 0.15) is 56.1 Å². The fourth-order valence-corrected chi connectivity index (χ4v) is 4.57. The Morgan fingerprint density at radius 2 is 1.83 bits per heavy atom. The highest BCUT2D eigenvalue weighted by molar-refractivity contribution is 5.83. The number of fused-ring (bicyclic) bond motifs is 1. The minimum Gasteiger partial charge on any atom is -0.481 e. The lowest BCUT2D eigenvalue weighted by Gasteiger charge is -2.41. The van der Waals surface area contributed by atoms with E-state index in [9.17, 15) is 9.59 Å². The van der Waals surface area contributed by atoms with Crippen LogP contribution in [0.3, 0.4) is 0 Å². The van der Waals surface area contributed by atoms with E-state index in [2.05, 4.69) is 28.5 Å². The predicted molar refractivity (Wildman–Crippen MR) is 141 cm³/mol. The lowest BCUT2D eigenvalue weighted by Crippen LogP contribution is -2.45. The van der Waals surface area contributed by atoms with Gasteiger partial charge in [0.1, 0.15) is 5.75 Å². The summed E-state index contributed by atoms with van der Waals surface area (Å²) in [7, 11) is 0. The number of aromatic nitrogens is 1. The summed E-state index contributed by atoms with van der Waals surface area (Å²) in [5, 5.41) is 2.93. The molecule has 4 rings (SSSR count). The molecule has 2 unspecified atom stereocenters. The van der Waals surface area contributed by atoms with Crippen LogP contribution in [-0.4, -0.2) is 40.9 Å². The number of nitrogens with zero attached hydrogens (tertiary/aromatic N) is 2. The second-order valence-electron chi connectivity index (χ2n) is 10.3. The average Bonchev–Trinajstić information content (AvgIpc) is 2.88. The van der Waals surface area contributed by atoms with Crippen LogP contribution in [0.2, 0.25) is 0 Å².